The third-order valence-corrected chi connectivity index (χ3v) is 7.47. The van der Waals surface area contributed by atoms with E-state index in [1.54, 1.807) is 6.07 Å². The minimum atomic E-state index is -5.18. The van der Waals surface area contributed by atoms with Crippen LogP contribution in [0.25, 0.3) is 28.7 Å². The zero-order chi connectivity index (χ0) is 36.4. The molecule has 50 heavy (non-hydrogen) atoms. The molecule has 1 amide bonds. The van der Waals surface area contributed by atoms with Crippen molar-refractivity contribution in [1.29, 1.82) is 0 Å². The summed E-state index contributed by atoms with van der Waals surface area (Å²) < 4.78 is 101. The average Bonchev–Trinajstić information content (AvgIpc) is 3.47. The van der Waals surface area contributed by atoms with Gasteiger partial charge in [0, 0.05) is 11.8 Å². The number of amides is 1. The molecule has 18 heteroatoms. The van der Waals surface area contributed by atoms with Crippen LogP contribution >= 0.6 is 0 Å². The second-order valence-electron chi connectivity index (χ2n) is 11.0. The lowest BCUT2D eigenvalue weighted by Crippen LogP contribution is -2.39. The Hall–Kier alpha value is -5.81. The maximum absolute atomic E-state index is 14.4. The molecule has 3 heterocycles. The lowest BCUT2D eigenvalue weighted by atomic mass is 10.00. The number of esters is 1. The van der Waals surface area contributed by atoms with Crippen LogP contribution in [0.5, 0.6) is 0 Å². The Labute approximate surface area is 277 Å². The third-order valence-electron chi connectivity index (χ3n) is 7.47. The predicted octanol–water partition coefficient (Wildman–Crippen LogP) is 5.76. The molecule has 0 radical (unpaired) electrons. The van der Waals surface area contributed by atoms with E-state index in [9.17, 15) is 45.1 Å². The molecule has 5 rings (SSSR count). The van der Waals surface area contributed by atoms with Crippen LogP contribution in [0.2, 0.25) is 0 Å². The lowest BCUT2D eigenvalue weighted by Gasteiger charge is -2.30. The van der Waals surface area contributed by atoms with Gasteiger partial charge in [0.05, 0.1) is 52.4 Å². The minimum absolute atomic E-state index is 0.0337. The first-order chi connectivity index (χ1) is 23.5. The topological polar surface area (TPSA) is 150 Å². The molecule has 1 aliphatic heterocycles. The summed E-state index contributed by atoms with van der Waals surface area (Å²) in [5, 5.41) is 18.9. The number of rotatable bonds is 10. The number of benzene rings is 2. The molecule has 3 N–H and O–H groups in total. The molecular weight excluding hydrogens is 681 g/mol. The first-order valence-electron chi connectivity index (χ1n) is 14.6. The standard InChI is InChI=1S/C32H25F7N6O5/c1-16(29(47)48)40-26(46)11-13-50-30(49)27(45-12-10-23-25(15-45)42-28(41-23)19-4-2-3-5-21(19)33)24-9-8-22(43-44-24)18-7-6-17(31(34,35)36)14-20(18)32(37,38)39/h2-10,12,14,16,27H,11,13,15H2,1H3,(H,40,46)(H,41,42)(H,47,48). The number of carboxylic acids is 1. The average molecular weight is 707 g/mol. The van der Waals surface area contributed by atoms with Gasteiger partial charge in [-0.2, -0.15) is 36.5 Å². The van der Waals surface area contributed by atoms with E-state index in [0.717, 1.165) is 12.1 Å². The number of aliphatic carboxylic acids is 1. The first kappa shape index (κ1) is 35.5. The number of hydrogen-bond donors (Lipinski definition) is 3. The van der Waals surface area contributed by atoms with Gasteiger partial charge in [-0.05, 0) is 49.4 Å². The number of nitrogens with zero attached hydrogens (tertiary/aromatic N) is 4. The molecule has 2 aromatic carbocycles. The highest BCUT2D eigenvalue weighted by molar-refractivity contribution is 5.83. The Kier molecular flexibility index (Phi) is 9.92. The van der Waals surface area contributed by atoms with Crippen molar-refractivity contribution in [3.05, 3.63) is 94.8 Å². The molecule has 0 aliphatic carbocycles. The monoisotopic (exact) mass is 706 g/mol. The number of alkyl halides is 6. The molecule has 0 spiro atoms. The number of imidazole rings is 1. The largest absolute Gasteiger partial charge is 0.480 e. The number of H-pyrrole nitrogens is 1. The van der Waals surface area contributed by atoms with Gasteiger partial charge in [-0.3, -0.25) is 9.59 Å². The second-order valence-corrected chi connectivity index (χ2v) is 11.0. The van der Waals surface area contributed by atoms with E-state index >= 15 is 0 Å². The highest BCUT2D eigenvalue weighted by Crippen LogP contribution is 2.40. The van der Waals surface area contributed by atoms with Crippen molar-refractivity contribution in [1.82, 2.24) is 30.4 Å². The number of aromatic amines is 1. The van der Waals surface area contributed by atoms with Crippen LogP contribution in [-0.2, 0) is 38.0 Å². The molecule has 1 aliphatic rings. The number of aromatic nitrogens is 4. The Morgan fingerprint density at radius 2 is 1.74 bits per heavy atom. The Morgan fingerprint density at radius 1 is 1.00 bits per heavy atom. The number of carbonyl (C=O) groups is 3. The fourth-order valence-corrected chi connectivity index (χ4v) is 4.97. The van der Waals surface area contributed by atoms with Crippen LogP contribution < -0.4 is 5.32 Å². The van der Waals surface area contributed by atoms with Crippen LogP contribution in [0.1, 0.15) is 47.6 Å². The fourth-order valence-electron chi connectivity index (χ4n) is 4.97. The van der Waals surface area contributed by atoms with E-state index in [-0.39, 0.29) is 29.7 Å². The van der Waals surface area contributed by atoms with Crippen molar-refractivity contribution in [3.8, 4) is 22.6 Å². The van der Waals surface area contributed by atoms with E-state index in [0.29, 0.717) is 23.5 Å². The summed E-state index contributed by atoms with van der Waals surface area (Å²) in [6.45, 7) is 0.645. The second kappa shape index (κ2) is 14.0. The zero-order valence-electron chi connectivity index (χ0n) is 25.6. The summed E-state index contributed by atoms with van der Waals surface area (Å²) in [4.78, 5) is 45.4. The quantitative estimate of drug-likeness (QED) is 0.138. The first-order valence-corrected chi connectivity index (χ1v) is 14.6. The van der Waals surface area contributed by atoms with Gasteiger partial charge in [-0.25, -0.2) is 14.2 Å². The summed E-state index contributed by atoms with van der Waals surface area (Å²) in [7, 11) is 0. The lowest BCUT2D eigenvalue weighted by molar-refractivity contribution is -0.151. The summed E-state index contributed by atoms with van der Waals surface area (Å²) in [5.74, 6) is -3.36. The number of hydrogen-bond acceptors (Lipinski definition) is 8. The van der Waals surface area contributed by atoms with E-state index in [1.165, 1.54) is 42.3 Å². The van der Waals surface area contributed by atoms with Crippen molar-refractivity contribution >= 4 is 23.9 Å². The highest BCUT2D eigenvalue weighted by atomic mass is 19.4. The number of nitrogens with one attached hydrogen (secondary N) is 2. The molecular formula is C32H25F7N6O5. The van der Waals surface area contributed by atoms with Gasteiger partial charge in [0.2, 0.25) is 5.91 Å². The smallest absolute Gasteiger partial charge is 0.417 e. The predicted molar refractivity (Wildman–Crippen MR) is 160 cm³/mol. The van der Waals surface area contributed by atoms with Crippen LogP contribution in [-0.4, -0.2) is 60.7 Å². The Morgan fingerprint density at radius 3 is 2.38 bits per heavy atom. The summed E-state index contributed by atoms with van der Waals surface area (Å²) in [5.41, 5.74) is -3.36. The van der Waals surface area contributed by atoms with Gasteiger partial charge in [-0.15, -0.1) is 0 Å². The Bertz CT molecular complexity index is 1940. The van der Waals surface area contributed by atoms with Crippen molar-refractivity contribution in [2.45, 2.75) is 44.3 Å². The number of fused-ring (bicyclic) bond motifs is 1. The fraction of sp³-hybridized carbons (Fsp3) is 0.250. The molecule has 2 aromatic heterocycles. The number of ether oxygens (including phenoxy) is 1. The molecule has 2 unspecified atom stereocenters. The maximum Gasteiger partial charge on any atom is 0.417 e. The number of carboxylic acid groups (broad SMARTS) is 1. The van der Waals surface area contributed by atoms with Crippen molar-refractivity contribution in [2.75, 3.05) is 6.61 Å². The number of carbonyl (C=O) groups excluding carboxylic acids is 2. The molecule has 4 aromatic rings. The van der Waals surface area contributed by atoms with Crippen molar-refractivity contribution < 1.29 is 55.0 Å². The van der Waals surface area contributed by atoms with Gasteiger partial charge in [-0.1, -0.05) is 18.2 Å². The summed E-state index contributed by atoms with van der Waals surface area (Å²) >= 11 is 0. The number of halogens is 7. The highest BCUT2D eigenvalue weighted by Gasteiger charge is 2.39. The van der Waals surface area contributed by atoms with Crippen molar-refractivity contribution in [3.63, 3.8) is 0 Å². The summed E-state index contributed by atoms with van der Waals surface area (Å²) in [6.07, 6.45) is -7.66. The van der Waals surface area contributed by atoms with Gasteiger partial charge < -0.3 is 25.0 Å². The maximum atomic E-state index is 14.4. The van der Waals surface area contributed by atoms with Gasteiger partial charge in [0.15, 0.2) is 6.04 Å². The van der Waals surface area contributed by atoms with Crippen molar-refractivity contribution in [2.24, 2.45) is 0 Å². The molecule has 0 saturated heterocycles. The molecule has 262 valence electrons. The van der Waals surface area contributed by atoms with E-state index in [2.05, 4.69) is 25.5 Å². The van der Waals surface area contributed by atoms with Crippen LogP contribution in [0.4, 0.5) is 30.7 Å². The molecule has 0 saturated carbocycles. The zero-order valence-corrected chi connectivity index (χ0v) is 25.6. The minimum Gasteiger partial charge on any atom is -0.480 e. The molecule has 0 bridgehead atoms. The van der Waals surface area contributed by atoms with Crippen LogP contribution in [0.15, 0.2) is 60.8 Å². The third kappa shape index (κ3) is 7.90. The van der Waals surface area contributed by atoms with Gasteiger partial charge >= 0.3 is 24.3 Å². The van der Waals surface area contributed by atoms with Crippen LogP contribution in [0.3, 0.4) is 0 Å². The molecule has 0 fully saturated rings. The molecule has 11 nitrogen and oxygen atoms in total. The van der Waals surface area contributed by atoms with Crippen LogP contribution in [0, 0.1) is 5.82 Å². The van der Waals surface area contributed by atoms with E-state index in [1.807, 2.05) is 0 Å². The Balaban J connectivity index is 1.44. The van der Waals surface area contributed by atoms with E-state index < -0.39 is 83.5 Å². The van der Waals surface area contributed by atoms with Gasteiger partial charge in [0.25, 0.3) is 0 Å². The molecule has 2 atom stereocenters. The van der Waals surface area contributed by atoms with Gasteiger partial charge in [0.1, 0.15) is 24.3 Å². The van der Waals surface area contributed by atoms with E-state index in [4.69, 9.17) is 9.84 Å². The summed E-state index contributed by atoms with van der Waals surface area (Å²) in [6, 6.07) is 6.48. The SMILES string of the molecule is CC(NC(=O)CCOC(=O)C(c1ccc(-c2ccc(C(F)(F)F)cc2C(F)(F)F)nn1)N1C=Cc2[nH]c(-c3ccccc3F)nc2C1)C(=O)O. The normalized spacial score (nSPS) is 14.1.